The highest BCUT2D eigenvalue weighted by atomic mass is 16.5. The molecule has 0 radical (unpaired) electrons. The maximum Gasteiger partial charge on any atom is 0.307 e. The maximum absolute atomic E-state index is 11.1. The molecule has 0 atom stereocenters. The van der Waals surface area contributed by atoms with Crippen LogP contribution in [0, 0.1) is 6.92 Å². The highest BCUT2D eigenvalue weighted by molar-refractivity contribution is 5.87. The second-order valence-corrected chi connectivity index (χ2v) is 5.45. The third-order valence-corrected chi connectivity index (χ3v) is 3.58. The zero-order valence-electron chi connectivity index (χ0n) is 12.8. The first-order chi connectivity index (χ1) is 11.1. The van der Waals surface area contributed by atoms with E-state index in [1.807, 2.05) is 61.5 Å². The molecule has 3 aromatic rings. The summed E-state index contributed by atoms with van der Waals surface area (Å²) in [5.41, 5.74) is 3.44. The highest BCUT2D eigenvalue weighted by Gasteiger charge is 2.09. The van der Waals surface area contributed by atoms with E-state index < -0.39 is 5.97 Å². The molecule has 0 spiro atoms. The molecule has 0 unspecified atom stereocenters. The smallest absolute Gasteiger partial charge is 0.307 e. The summed E-state index contributed by atoms with van der Waals surface area (Å²) in [6, 6.07) is 17.3. The lowest BCUT2D eigenvalue weighted by Crippen LogP contribution is -2.02. The predicted octanol–water partition coefficient (Wildman–Crippen LogP) is 3.75. The van der Waals surface area contributed by atoms with Gasteiger partial charge in [-0.05, 0) is 42.3 Å². The van der Waals surface area contributed by atoms with Gasteiger partial charge in [0.25, 0.3) is 0 Å². The van der Waals surface area contributed by atoms with Crippen molar-refractivity contribution in [2.75, 3.05) is 0 Å². The van der Waals surface area contributed by atoms with Gasteiger partial charge in [-0.1, -0.05) is 30.3 Å². The Morgan fingerprint density at radius 2 is 1.91 bits per heavy atom. The molecule has 116 valence electrons. The second kappa shape index (κ2) is 6.48. The Morgan fingerprint density at radius 3 is 2.65 bits per heavy atom. The van der Waals surface area contributed by atoms with Crippen molar-refractivity contribution in [3.05, 3.63) is 71.4 Å². The maximum atomic E-state index is 11.1. The number of aromatic nitrogens is 1. The zero-order valence-corrected chi connectivity index (χ0v) is 12.8. The Kier molecular flexibility index (Phi) is 4.24. The number of hydrogen-bond donors (Lipinski definition) is 1. The lowest BCUT2D eigenvalue weighted by atomic mass is 10.0. The first-order valence-electron chi connectivity index (χ1n) is 7.40. The average molecular weight is 307 g/mol. The standard InChI is InChI=1S/C19H17NO3/c1-13-9-15(10-19(21)22)17-11-16(7-8-18(17)20-13)23-12-14-5-3-2-4-6-14/h2-9,11H,10,12H2,1H3,(H,21,22). The van der Waals surface area contributed by atoms with E-state index in [0.717, 1.165) is 27.7 Å². The van der Waals surface area contributed by atoms with E-state index >= 15 is 0 Å². The topological polar surface area (TPSA) is 59.4 Å². The molecule has 23 heavy (non-hydrogen) atoms. The van der Waals surface area contributed by atoms with Gasteiger partial charge in [0.2, 0.25) is 0 Å². The van der Waals surface area contributed by atoms with Gasteiger partial charge < -0.3 is 9.84 Å². The molecule has 0 aliphatic heterocycles. The molecule has 1 heterocycles. The lowest BCUT2D eigenvalue weighted by Gasteiger charge is -2.10. The van der Waals surface area contributed by atoms with E-state index in [0.29, 0.717) is 12.4 Å². The van der Waals surface area contributed by atoms with Crippen LogP contribution >= 0.6 is 0 Å². The molecule has 0 aliphatic carbocycles. The van der Waals surface area contributed by atoms with Crippen LogP contribution in [-0.4, -0.2) is 16.1 Å². The number of carbonyl (C=O) groups is 1. The molecule has 0 aliphatic rings. The van der Waals surface area contributed by atoms with Gasteiger partial charge in [0.1, 0.15) is 12.4 Å². The fourth-order valence-corrected chi connectivity index (χ4v) is 2.56. The van der Waals surface area contributed by atoms with Crippen LogP contribution in [0.15, 0.2) is 54.6 Å². The largest absolute Gasteiger partial charge is 0.489 e. The van der Waals surface area contributed by atoms with Crippen molar-refractivity contribution in [1.82, 2.24) is 4.98 Å². The minimum atomic E-state index is -0.854. The van der Waals surface area contributed by atoms with Gasteiger partial charge in [0, 0.05) is 11.1 Å². The molecule has 0 saturated carbocycles. The number of carboxylic acids is 1. The summed E-state index contributed by atoms with van der Waals surface area (Å²) < 4.78 is 5.82. The van der Waals surface area contributed by atoms with E-state index in [1.54, 1.807) is 0 Å². The predicted molar refractivity (Wildman–Crippen MR) is 88.6 cm³/mol. The monoisotopic (exact) mass is 307 g/mol. The van der Waals surface area contributed by atoms with E-state index in [4.69, 9.17) is 9.84 Å². The minimum Gasteiger partial charge on any atom is -0.489 e. The summed E-state index contributed by atoms with van der Waals surface area (Å²) in [7, 11) is 0. The number of hydrogen-bond acceptors (Lipinski definition) is 3. The summed E-state index contributed by atoms with van der Waals surface area (Å²) in [5.74, 6) is -0.147. The first-order valence-corrected chi connectivity index (χ1v) is 7.40. The van der Waals surface area contributed by atoms with Crippen molar-refractivity contribution >= 4 is 16.9 Å². The molecular weight excluding hydrogens is 290 g/mol. The summed E-state index contributed by atoms with van der Waals surface area (Å²) in [4.78, 5) is 15.5. The Hall–Kier alpha value is -2.88. The number of carboxylic acid groups (broad SMARTS) is 1. The van der Waals surface area contributed by atoms with Crippen molar-refractivity contribution in [2.45, 2.75) is 20.0 Å². The van der Waals surface area contributed by atoms with Crippen LogP contribution in [0.4, 0.5) is 0 Å². The summed E-state index contributed by atoms with van der Waals surface area (Å²) in [6.07, 6.45) is -0.0258. The second-order valence-electron chi connectivity index (χ2n) is 5.45. The number of fused-ring (bicyclic) bond motifs is 1. The minimum absolute atomic E-state index is 0.0258. The molecule has 0 amide bonds. The van der Waals surface area contributed by atoms with E-state index in [2.05, 4.69) is 4.98 Å². The molecule has 2 aromatic carbocycles. The van der Waals surface area contributed by atoms with E-state index in [9.17, 15) is 4.79 Å². The summed E-state index contributed by atoms with van der Waals surface area (Å²) >= 11 is 0. The summed E-state index contributed by atoms with van der Waals surface area (Å²) in [6.45, 7) is 2.34. The Bertz CT molecular complexity index is 844. The van der Waals surface area contributed by atoms with Crippen LogP contribution in [0.3, 0.4) is 0 Å². The Morgan fingerprint density at radius 1 is 1.13 bits per heavy atom. The summed E-state index contributed by atoms with van der Waals surface area (Å²) in [5, 5.41) is 9.91. The van der Waals surface area contributed by atoms with Gasteiger partial charge in [0.05, 0.1) is 11.9 Å². The molecule has 4 heteroatoms. The van der Waals surface area contributed by atoms with Crippen LogP contribution in [0.1, 0.15) is 16.8 Å². The number of nitrogens with zero attached hydrogens (tertiary/aromatic N) is 1. The molecule has 0 fully saturated rings. The molecule has 4 nitrogen and oxygen atoms in total. The van der Waals surface area contributed by atoms with Crippen molar-refractivity contribution in [3.8, 4) is 5.75 Å². The number of aryl methyl sites for hydroxylation is 1. The SMILES string of the molecule is Cc1cc(CC(=O)O)c2cc(OCc3ccccc3)ccc2n1. The quantitative estimate of drug-likeness (QED) is 0.780. The number of aliphatic carboxylic acids is 1. The van der Waals surface area contributed by atoms with Gasteiger partial charge in [-0.3, -0.25) is 9.78 Å². The number of ether oxygens (including phenoxy) is 1. The Labute approximate surface area is 134 Å². The normalized spacial score (nSPS) is 10.7. The average Bonchev–Trinajstić information content (AvgIpc) is 2.53. The number of rotatable bonds is 5. The van der Waals surface area contributed by atoms with Crippen LogP contribution in [0.5, 0.6) is 5.75 Å². The van der Waals surface area contributed by atoms with Gasteiger partial charge >= 0.3 is 5.97 Å². The van der Waals surface area contributed by atoms with Crippen molar-refractivity contribution in [1.29, 1.82) is 0 Å². The molecular formula is C19H17NO3. The van der Waals surface area contributed by atoms with Gasteiger partial charge in [-0.2, -0.15) is 0 Å². The van der Waals surface area contributed by atoms with Gasteiger partial charge in [0.15, 0.2) is 0 Å². The van der Waals surface area contributed by atoms with Crippen molar-refractivity contribution in [2.24, 2.45) is 0 Å². The van der Waals surface area contributed by atoms with Crippen LogP contribution in [0.25, 0.3) is 10.9 Å². The first kappa shape index (κ1) is 15.0. The number of pyridine rings is 1. The number of benzene rings is 2. The molecule has 1 aromatic heterocycles. The fraction of sp³-hybridized carbons (Fsp3) is 0.158. The highest BCUT2D eigenvalue weighted by Crippen LogP contribution is 2.25. The Balaban J connectivity index is 1.90. The third kappa shape index (κ3) is 3.66. The van der Waals surface area contributed by atoms with E-state index in [-0.39, 0.29) is 6.42 Å². The van der Waals surface area contributed by atoms with Gasteiger partial charge in [-0.15, -0.1) is 0 Å². The third-order valence-electron chi connectivity index (χ3n) is 3.58. The van der Waals surface area contributed by atoms with E-state index in [1.165, 1.54) is 0 Å². The van der Waals surface area contributed by atoms with Gasteiger partial charge in [-0.25, -0.2) is 0 Å². The molecule has 0 bridgehead atoms. The molecule has 0 saturated heterocycles. The van der Waals surface area contributed by atoms with Crippen LogP contribution in [0.2, 0.25) is 0 Å². The molecule has 3 rings (SSSR count). The van der Waals surface area contributed by atoms with Crippen LogP contribution < -0.4 is 4.74 Å². The van der Waals surface area contributed by atoms with Crippen molar-refractivity contribution < 1.29 is 14.6 Å². The lowest BCUT2D eigenvalue weighted by molar-refractivity contribution is -0.136. The zero-order chi connectivity index (χ0) is 16.2. The fourth-order valence-electron chi connectivity index (χ4n) is 2.56. The van der Waals surface area contributed by atoms with Crippen LogP contribution in [-0.2, 0) is 17.8 Å². The molecule has 1 N–H and O–H groups in total. The van der Waals surface area contributed by atoms with Crippen molar-refractivity contribution in [3.63, 3.8) is 0 Å².